The van der Waals surface area contributed by atoms with Gasteiger partial charge in [0, 0.05) is 0 Å². The van der Waals surface area contributed by atoms with E-state index in [1.54, 1.807) is 6.07 Å². The molecule has 1 aromatic heterocycles. The lowest BCUT2D eigenvalue weighted by molar-refractivity contribution is 0.472. The predicted octanol–water partition coefficient (Wildman–Crippen LogP) is 2.95. The van der Waals surface area contributed by atoms with Crippen molar-refractivity contribution in [1.82, 2.24) is 4.98 Å². The van der Waals surface area contributed by atoms with Crippen LogP contribution in [0, 0.1) is 12.7 Å². The molecular weight excluding hydrogens is 227 g/mol. The lowest BCUT2D eigenvalue weighted by atomic mass is 9.89. The molecule has 0 amide bonds. The monoisotopic (exact) mass is 244 g/mol. The summed E-state index contributed by atoms with van der Waals surface area (Å²) in [6.07, 6.45) is 1.88. The van der Waals surface area contributed by atoms with Gasteiger partial charge in [0.25, 0.3) is 0 Å². The fourth-order valence-corrected chi connectivity index (χ4v) is 2.05. The number of benzene rings is 1. The molecule has 1 aromatic carbocycles. The smallest absolute Gasteiger partial charge is 0.141 e. The summed E-state index contributed by atoms with van der Waals surface area (Å²) in [5.74, 6) is -0.342. The molecule has 1 unspecified atom stereocenters. The Morgan fingerprint density at radius 1 is 1.28 bits per heavy atom. The van der Waals surface area contributed by atoms with Crippen LogP contribution in [0.5, 0.6) is 0 Å². The summed E-state index contributed by atoms with van der Waals surface area (Å²) in [7, 11) is 0. The highest BCUT2D eigenvalue weighted by molar-refractivity contribution is 5.26. The molecule has 2 N–H and O–H groups in total. The molecule has 94 valence electrons. The number of aryl methyl sites for hydroxylation is 1. The van der Waals surface area contributed by atoms with Crippen LogP contribution in [0.4, 0.5) is 4.39 Å². The number of aromatic nitrogens is 1. The van der Waals surface area contributed by atoms with E-state index in [9.17, 15) is 4.39 Å². The second-order valence-corrected chi connectivity index (χ2v) is 4.94. The van der Waals surface area contributed by atoms with Crippen LogP contribution in [0.2, 0.25) is 0 Å². The molecule has 1 atom stereocenters. The predicted molar refractivity (Wildman–Crippen MR) is 70.6 cm³/mol. The SMILES string of the molecule is Cc1cccc(CC(C)(N)c2ccc(F)cn2)c1. The van der Waals surface area contributed by atoms with Gasteiger partial charge in [0.05, 0.1) is 17.4 Å². The molecule has 0 aliphatic rings. The van der Waals surface area contributed by atoms with Gasteiger partial charge < -0.3 is 5.73 Å². The highest BCUT2D eigenvalue weighted by atomic mass is 19.1. The van der Waals surface area contributed by atoms with E-state index in [0.29, 0.717) is 12.1 Å². The number of hydrogen-bond donors (Lipinski definition) is 1. The minimum atomic E-state index is -0.596. The number of nitrogens with zero attached hydrogens (tertiary/aromatic N) is 1. The Hall–Kier alpha value is -1.74. The van der Waals surface area contributed by atoms with Gasteiger partial charge in [-0.05, 0) is 38.0 Å². The molecule has 0 bridgehead atoms. The highest BCUT2D eigenvalue weighted by Gasteiger charge is 2.23. The average molecular weight is 244 g/mol. The van der Waals surface area contributed by atoms with Gasteiger partial charge in [0.15, 0.2) is 0 Å². The lowest BCUT2D eigenvalue weighted by Gasteiger charge is -2.24. The van der Waals surface area contributed by atoms with Gasteiger partial charge in [-0.1, -0.05) is 29.8 Å². The summed E-state index contributed by atoms with van der Waals surface area (Å²) < 4.78 is 12.9. The maximum absolute atomic E-state index is 12.9. The standard InChI is InChI=1S/C15H17FN2/c1-11-4-3-5-12(8-11)9-15(2,17)14-7-6-13(16)10-18-14/h3-8,10H,9,17H2,1-2H3. The molecule has 2 nitrogen and oxygen atoms in total. The van der Waals surface area contributed by atoms with Crippen molar-refractivity contribution >= 4 is 0 Å². The van der Waals surface area contributed by atoms with Crippen molar-refractivity contribution in [2.45, 2.75) is 25.8 Å². The van der Waals surface area contributed by atoms with E-state index >= 15 is 0 Å². The number of halogens is 1. The summed E-state index contributed by atoms with van der Waals surface area (Å²) in [5.41, 5.74) is 8.75. The number of rotatable bonds is 3. The van der Waals surface area contributed by atoms with Gasteiger partial charge in [-0.15, -0.1) is 0 Å². The second-order valence-electron chi connectivity index (χ2n) is 4.94. The maximum atomic E-state index is 12.9. The van der Waals surface area contributed by atoms with Gasteiger partial charge >= 0.3 is 0 Å². The molecule has 18 heavy (non-hydrogen) atoms. The van der Waals surface area contributed by atoms with Gasteiger partial charge in [-0.25, -0.2) is 4.39 Å². The Kier molecular flexibility index (Phi) is 3.43. The van der Waals surface area contributed by atoms with E-state index in [2.05, 4.69) is 11.1 Å². The van der Waals surface area contributed by atoms with Crippen LogP contribution < -0.4 is 5.73 Å². The molecule has 0 fully saturated rings. The molecule has 0 aliphatic carbocycles. The number of nitrogens with two attached hydrogens (primary N) is 1. The molecule has 0 radical (unpaired) electrons. The lowest BCUT2D eigenvalue weighted by Crippen LogP contribution is -2.36. The Morgan fingerprint density at radius 3 is 2.67 bits per heavy atom. The van der Waals surface area contributed by atoms with Crippen LogP contribution in [0.15, 0.2) is 42.6 Å². The second kappa shape index (κ2) is 4.86. The van der Waals surface area contributed by atoms with Crippen LogP contribution in [-0.4, -0.2) is 4.98 Å². The Balaban J connectivity index is 2.23. The first-order valence-electron chi connectivity index (χ1n) is 5.94. The molecular formula is C15H17FN2. The zero-order chi connectivity index (χ0) is 13.2. The summed E-state index contributed by atoms with van der Waals surface area (Å²) >= 11 is 0. The Bertz CT molecular complexity index is 532. The fourth-order valence-electron chi connectivity index (χ4n) is 2.05. The Morgan fingerprint density at radius 2 is 2.06 bits per heavy atom. The van der Waals surface area contributed by atoms with Crippen molar-refractivity contribution in [3.63, 3.8) is 0 Å². The largest absolute Gasteiger partial charge is 0.320 e. The van der Waals surface area contributed by atoms with Gasteiger partial charge in [0.1, 0.15) is 5.82 Å². The van der Waals surface area contributed by atoms with Crippen molar-refractivity contribution in [3.05, 3.63) is 65.2 Å². The van der Waals surface area contributed by atoms with E-state index in [4.69, 9.17) is 5.73 Å². The first-order valence-corrected chi connectivity index (χ1v) is 5.94. The molecule has 0 saturated carbocycles. The van der Waals surface area contributed by atoms with Gasteiger partial charge in [-0.3, -0.25) is 4.98 Å². The zero-order valence-corrected chi connectivity index (χ0v) is 10.7. The Labute approximate surface area is 107 Å². The normalized spacial score (nSPS) is 14.2. The summed E-state index contributed by atoms with van der Waals surface area (Å²) in [6, 6.07) is 11.2. The third-order valence-electron chi connectivity index (χ3n) is 2.97. The minimum Gasteiger partial charge on any atom is -0.320 e. The van der Waals surface area contributed by atoms with Crippen molar-refractivity contribution in [2.24, 2.45) is 5.73 Å². The highest BCUT2D eigenvalue weighted by Crippen LogP contribution is 2.21. The maximum Gasteiger partial charge on any atom is 0.141 e. The molecule has 0 aliphatic heterocycles. The third kappa shape index (κ3) is 2.93. The topological polar surface area (TPSA) is 38.9 Å². The molecule has 0 spiro atoms. The fraction of sp³-hybridized carbons (Fsp3) is 0.267. The van der Waals surface area contributed by atoms with Crippen molar-refractivity contribution < 1.29 is 4.39 Å². The third-order valence-corrected chi connectivity index (χ3v) is 2.97. The summed E-state index contributed by atoms with van der Waals surface area (Å²) in [6.45, 7) is 3.96. The first-order chi connectivity index (χ1) is 8.47. The summed E-state index contributed by atoms with van der Waals surface area (Å²) in [5, 5.41) is 0. The number of hydrogen-bond acceptors (Lipinski definition) is 2. The first kappa shape index (κ1) is 12.7. The van der Waals surface area contributed by atoms with Crippen LogP contribution >= 0.6 is 0 Å². The van der Waals surface area contributed by atoms with E-state index < -0.39 is 5.54 Å². The summed E-state index contributed by atoms with van der Waals surface area (Å²) in [4.78, 5) is 4.07. The zero-order valence-electron chi connectivity index (χ0n) is 10.7. The minimum absolute atomic E-state index is 0.342. The van der Waals surface area contributed by atoms with E-state index in [1.807, 2.05) is 32.0 Å². The quantitative estimate of drug-likeness (QED) is 0.901. The van der Waals surface area contributed by atoms with Crippen LogP contribution in [0.25, 0.3) is 0 Å². The number of pyridine rings is 1. The van der Waals surface area contributed by atoms with Crippen LogP contribution in [0.1, 0.15) is 23.7 Å². The molecule has 0 saturated heterocycles. The van der Waals surface area contributed by atoms with Crippen molar-refractivity contribution in [1.29, 1.82) is 0 Å². The molecule has 2 aromatic rings. The molecule has 3 heteroatoms. The van der Waals surface area contributed by atoms with Crippen LogP contribution in [0.3, 0.4) is 0 Å². The van der Waals surface area contributed by atoms with Gasteiger partial charge in [0.2, 0.25) is 0 Å². The van der Waals surface area contributed by atoms with E-state index in [0.717, 1.165) is 5.56 Å². The van der Waals surface area contributed by atoms with E-state index in [1.165, 1.54) is 17.8 Å². The average Bonchev–Trinajstić information content (AvgIpc) is 2.29. The van der Waals surface area contributed by atoms with Crippen LogP contribution in [-0.2, 0) is 12.0 Å². The van der Waals surface area contributed by atoms with Crippen molar-refractivity contribution in [2.75, 3.05) is 0 Å². The van der Waals surface area contributed by atoms with E-state index in [-0.39, 0.29) is 5.82 Å². The molecule has 1 heterocycles. The molecule has 2 rings (SSSR count). The van der Waals surface area contributed by atoms with Crippen molar-refractivity contribution in [3.8, 4) is 0 Å². The van der Waals surface area contributed by atoms with Gasteiger partial charge in [-0.2, -0.15) is 0 Å².